The molecule has 0 radical (unpaired) electrons. The van der Waals surface area contributed by atoms with Gasteiger partial charge in [-0.25, -0.2) is 0 Å². The molecular formula is C13H22N2O. The number of methoxy groups -OCH3 is 1. The van der Waals surface area contributed by atoms with Gasteiger partial charge in [-0.15, -0.1) is 0 Å². The van der Waals surface area contributed by atoms with E-state index in [1.54, 1.807) is 7.11 Å². The van der Waals surface area contributed by atoms with Crippen LogP contribution in [0.1, 0.15) is 20.3 Å². The Hall–Kier alpha value is -1.22. The minimum Gasteiger partial charge on any atom is -0.399 e. The van der Waals surface area contributed by atoms with E-state index < -0.39 is 0 Å². The second-order valence-corrected chi connectivity index (χ2v) is 4.03. The van der Waals surface area contributed by atoms with Gasteiger partial charge >= 0.3 is 0 Å². The van der Waals surface area contributed by atoms with Gasteiger partial charge in [-0.2, -0.15) is 0 Å². The monoisotopic (exact) mass is 222 g/mol. The number of anilines is 2. The standard InChI is InChI=1S/C13H22N2O/c1-4-11(2)15(9-10-16-3)13-7-5-12(14)6-8-13/h5-8,11H,4,9-10,14H2,1-3H3. The minimum atomic E-state index is 0.513. The van der Waals surface area contributed by atoms with Crippen molar-refractivity contribution in [3.05, 3.63) is 24.3 Å². The van der Waals surface area contributed by atoms with Crippen molar-refractivity contribution in [2.75, 3.05) is 30.9 Å². The third-order valence-corrected chi connectivity index (χ3v) is 2.88. The maximum absolute atomic E-state index is 5.69. The summed E-state index contributed by atoms with van der Waals surface area (Å²) in [6, 6.07) is 8.53. The summed E-state index contributed by atoms with van der Waals surface area (Å²) in [6.45, 7) is 6.08. The van der Waals surface area contributed by atoms with Crippen molar-refractivity contribution >= 4 is 11.4 Å². The molecule has 1 aromatic carbocycles. The largest absolute Gasteiger partial charge is 0.399 e. The molecule has 0 aromatic heterocycles. The summed E-state index contributed by atoms with van der Waals surface area (Å²) < 4.78 is 5.15. The Morgan fingerprint density at radius 1 is 1.31 bits per heavy atom. The van der Waals surface area contributed by atoms with Gasteiger partial charge in [0, 0.05) is 31.1 Å². The number of hydrogen-bond donors (Lipinski definition) is 1. The van der Waals surface area contributed by atoms with E-state index in [4.69, 9.17) is 10.5 Å². The number of nitrogens with zero attached hydrogens (tertiary/aromatic N) is 1. The lowest BCUT2D eigenvalue weighted by atomic mass is 10.2. The fraction of sp³-hybridized carbons (Fsp3) is 0.538. The Morgan fingerprint density at radius 2 is 1.94 bits per heavy atom. The Bertz CT molecular complexity index is 297. The van der Waals surface area contributed by atoms with E-state index in [-0.39, 0.29) is 0 Å². The lowest BCUT2D eigenvalue weighted by molar-refractivity contribution is 0.203. The first-order valence-corrected chi connectivity index (χ1v) is 5.80. The predicted octanol–water partition coefficient (Wildman–Crippen LogP) is 2.52. The highest BCUT2D eigenvalue weighted by Gasteiger charge is 2.12. The SMILES string of the molecule is CCC(C)N(CCOC)c1ccc(N)cc1. The van der Waals surface area contributed by atoms with Crippen LogP contribution in [-0.4, -0.2) is 26.3 Å². The van der Waals surface area contributed by atoms with Crippen LogP contribution in [0.5, 0.6) is 0 Å². The quantitative estimate of drug-likeness (QED) is 0.752. The molecule has 0 bridgehead atoms. The Morgan fingerprint density at radius 3 is 2.44 bits per heavy atom. The van der Waals surface area contributed by atoms with E-state index in [2.05, 4.69) is 30.9 Å². The third kappa shape index (κ3) is 3.42. The minimum absolute atomic E-state index is 0.513. The van der Waals surface area contributed by atoms with Gasteiger partial charge in [0.25, 0.3) is 0 Å². The molecule has 0 aliphatic carbocycles. The number of benzene rings is 1. The first kappa shape index (κ1) is 12.8. The van der Waals surface area contributed by atoms with Crippen LogP contribution in [0.2, 0.25) is 0 Å². The van der Waals surface area contributed by atoms with Crippen molar-refractivity contribution in [1.29, 1.82) is 0 Å². The number of rotatable bonds is 6. The van der Waals surface area contributed by atoms with Crippen molar-refractivity contribution in [3.8, 4) is 0 Å². The van der Waals surface area contributed by atoms with Crippen LogP contribution in [0.3, 0.4) is 0 Å². The second-order valence-electron chi connectivity index (χ2n) is 4.03. The average Bonchev–Trinajstić information content (AvgIpc) is 2.31. The molecule has 0 spiro atoms. The van der Waals surface area contributed by atoms with Crippen LogP contribution in [0.4, 0.5) is 11.4 Å². The molecule has 1 aromatic rings. The van der Waals surface area contributed by atoms with Crippen LogP contribution in [0.25, 0.3) is 0 Å². The molecule has 1 rings (SSSR count). The van der Waals surface area contributed by atoms with Crippen molar-refractivity contribution in [1.82, 2.24) is 0 Å². The Balaban J connectivity index is 2.78. The van der Waals surface area contributed by atoms with Crippen LogP contribution in [-0.2, 0) is 4.74 Å². The summed E-state index contributed by atoms with van der Waals surface area (Å²) in [6.07, 6.45) is 1.12. The summed E-state index contributed by atoms with van der Waals surface area (Å²) in [5, 5.41) is 0. The lowest BCUT2D eigenvalue weighted by Gasteiger charge is -2.30. The highest BCUT2D eigenvalue weighted by Crippen LogP contribution is 2.19. The van der Waals surface area contributed by atoms with Crippen molar-refractivity contribution in [3.63, 3.8) is 0 Å². The molecule has 0 amide bonds. The van der Waals surface area contributed by atoms with Gasteiger partial charge < -0.3 is 15.4 Å². The molecular weight excluding hydrogens is 200 g/mol. The fourth-order valence-electron chi connectivity index (χ4n) is 1.68. The zero-order valence-corrected chi connectivity index (χ0v) is 10.4. The van der Waals surface area contributed by atoms with Crippen LogP contribution < -0.4 is 10.6 Å². The first-order chi connectivity index (χ1) is 7.69. The Kier molecular flexibility index (Phi) is 5.12. The summed E-state index contributed by atoms with van der Waals surface area (Å²) in [5.41, 5.74) is 7.71. The van der Waals surface area contributed by atoms with Gasteiger partial charge in [0.15, 0.2) is 0 Å². The van der Waals surface area contributed by atoms with Gasteiger partial charge in [0.1, 0.15) is 0 Å². The molecule has 90 valence electrons. The van der Waals surface area contributed by atoms with Crippen molar-refractivity contribution < 1.29 is 4.74 Å². The number of hydrogen-bond acceptors (Lipinski definition) is 3. The van der Waals surface area contributed by atoms with E-state index >= 15 is 0 Å². The highest BCUT2D eigenvalue weighted by atomic mass is 16.5. The lowest BCUT2D eigenvalue weighted by Crippen LogP contribution is -2.35. The predicted molar refractivity (Wildman–Crippen MR) is 69.8 cm³/mol. The molecule has 0 saturated heterocycles. The summed E-state index contributed by atoms with van der Waals surface area (Å²) in [4.78, 5) is 2.35. The average molecular weight is 222 g/mol. The number of ether oxygens (including phenoxy) is 1. The number of nitrogen functional groups attached to an aromatic ring is 1. The van der Waals surface area contributed by atoms with Gasteiger partial charge in [-0.3, -0.25) is 0 Å². The van der Waals surface area contributed by atoms with Crippen molar-refractivity contribution in [2.45, 2.75) is 26.3 Å². The molecule has 16 heavy (non-hydrogen) atoms. The van der Waals surface area contributed by atoms with Crippen LogP contribution in [0, 0.1) is 0 Å². The fourth-order valence-corrected chi connectivity index (χ4v) is 1.68. The second kappa shape index (κ2) is 6.38. The molecule has 0 heterocycles. The van der Waals surface area contributed by atoms with E-state index in [9.17, 15) is 0 Å². The van der Waals surface area contributed by atoms with Gasteiger partial charge in [-0.05, 0) is 37.6 Å². The summed E-state index contributed by atoms with van der Waals surface area (Å²) in [5.74, 6) is 0. The maximum Gasteiger partial charge on any atom is 0.0637 e. The summed E-state index contributed by atoms with van der Waals surface area (Å²) >= 11 is 0. The van der Waals surface area contributed by atoms with Crippen LogP contribution >= 0.6 is 0 Å². The molecule has 0 saturated carbocycles. The van der Waals surface area contributed by atoms with E-state index in [0.29, 0.717) is 6.04 Å². The molecule has 1 unspecified atom stereocenters. The molecule has 3 nitrogen and oxygen atoms in total. The zero-order valence-electron chi connectivity index (χ0n) is 10.4. The highest BCUT2D eigenvalue weighted by molar-refractivity contribution is 5.53. The normalized spacial score (nSPS) is 12.4. The van der Waals surface area contributed by atoms with Gasteiger partial charge in [0.05, 0.1) is 6.61 Å². The Labute approximate surface area is 98.2 Å². The smallest absolute Gasteiger partial charge is 0.0637 e. The maximum atomic E-state index is 5.69. The number of nitrogens with two attached hydrogens (primary N) is 1. The molecule has 0 aliphatic heterocycles. The van der Waals surface area contributed by atoms with Crippen LogP contribution in [0.15, 0.2) is 24.3 Å². The van der Waals surface area contributed by atoms with Crippen molar-refractivity contribution in [2.24, 2.45) is 0 Å². The third-order valence-electron chi connectivity index (χ3n) is 2.88. The molecule has 0 aliphatic rings. The summed E-state index contributed by atoms with van der Waals surface area (Å²) in [7, 11) is 1.73. The van der Waals surface area contributed by atoms with E-state index in [0.717, 1.165) is 25.3 Å². The first-order valence-electron chi connectivity index (χ1n) is 5.80. The van der Waals surface area contributed by atoms with Gasteiger partial charge in [-0.1, -0.05) is 6.92 Å². The van der Waals surface area contributed by atoms with Gasteiger partial charge in [0.2, 0.25) is 0 Å². The topological polar surface area (TPSA) is 38.5 Å². The molecule has 0 fully saturated rings. The molecule has 2 N–H and O–H groups in total. The molecule has 3 heteroatoms. The molecule has 1 atom stereocenters. The van der Waals surface area contributed by atoms with E-state index in [1.165, 1.54) is 5.69 Å². The zero-order chi connectivity index (χ0) is 12.0. The van der Waals surface area contributed by atoms with E-state index in [1.807, 2.05) is 12.1 Å².